The van der Waals surface area contributed by atoms with Crippen molar-refractivity contribution in [3.63, 3.8) is 0 Å². The van der Waals surface area contributed by atoms with Crippen molar-refractivity contribution in [1.82, 2.24) is 10.6 Å². The second kappa shape index (κ2) is 8.27. The SMILES string of the molecule is CC(=O)N[C@H]1CC[C@@]2(C)CC[C@H]([C@H](C)C(=O)NCc3ccco3)[C@H](O)[C@H]2[C@H]1C. The van der Waals surface area contributed by atoms with Gasteiger partial charge in [-0.15, -0.1) is 0 Å². The quantitative estimate of drug-likeness (QED) is 0.721. The first-order valence-corrected chi connectivity index (χ1v) is 10.5. The maximum atomic E-state index is 12.7. The summed E-state index contributed by atoms with van der Waals surface area (Å²) in [4.78, 5) is 24.3. The molecule has 1 aromatic rings. The van der Waals surface area contributed by atoms with Crippen LogP contribution in [0.1, 0.15) is 59.1 Å². The highest BCUT2D eigenvalue weighted by atomic mass is 16.3. The molecule has 7 atom stereocenters. The Morgan fingerprint density at radius 3 is 2.71 bits per heavy atom. The number of rotatable bonds is 5. The molecule has 156 valence electrons. The topological polar surface area (TPSA) is 91.6 Å². The molecule has 2 aliphatic rings. The molecule has 0 bridgehead atoms. The summed E-state index contributed by atoms with van der Waals surface area (Å²) in [5, 5.41) is 17.3. The number of amides is 2. The van der Waals surface area contributed by atoms with Gasteiger partial charge in [0.2, 0.25) is 11.8 Å². The third-order valence-corrected chi connectivity index (χ3v) is 7.35. The Hall–Kier alpha value is -1.82. The molecular formula is C22H34N2O4. The summed E-state index contributed by atoms with van der Waals surface area (Å²) in [6.07, 6.45) is 4.84. The lowest BCUT2D eigenvalue weighted by Crippen LogP contribution is -2.58. The summed E-state index contributed by atoms with van der Waals surface area (Å²) in [5.74, 6) is 0.558. The third-order valence-electron chi connectivity index (χ3n) is 7.35. The van der Waals surface area contributed by atoms with Gasteiger partial charge in [-0.1, -0.05) is 20.8 Å². The fourth-order valence-corrected chi connectivity index (χ4v) is 5.70. The van der Waals surface area contributed by atoms with Crippen molar-refractivity contribution >= 4 is 11.8 Å². The Morgan fingerprint density at radius 2 is 2.07 bits per heavy atom. The number of carbonyl (C=O) groups is 2. The zero-order chi connectivity index (χ0) is 20.5. The highest BCUT2D eigenvalue weighted by molar-refractivity contribution is 5.78. The van der Waals surface area contributed by atoms with E-state index in [2.05, 4.69) is 24.5 Å². The number of aliphatic hydroxyl groups excluding tert-OH is 1. The fraction of sp³-hybridized carbons (Fsp3) is 0.727. The highest BCUT2D eigenvalue weighted by Gasteiger charge is 2.53. The molecule has 2 saturated carbocycles. The van der Waals surface area contributed by atoms with Crippen LogP contribution in [0.25, 0.3) is 0 Å². The van der Waals surface area contributed by atoms with E-state index in [0.717, 1.165) is 31.4 Å². The summed E-state index contributed by atoms with van der Waals surface area (Å²) in [7, 11) is 0. The molecule has 2 aliphatic carbocycles. The van der Waals surface area contributed by atoms with E-state index in [9.17, 15) is 14.7 Å². The van der Waals surface area contributed by atoms with Crippen LogP contribution in [0.3, 0.4) is 0 Å². The number of hydrogen-bond donors (Lipinski definition) is 3. The van der Waals surface area contributed by atoms with Crippen LogP contribution in [-0.4, -0.2) is 29.1 Å². The smallest absolute Gasteiger partial charge is 0.223 e. The standard InChI is InChI=1S/C22H34N2O4/c1-13(21(27)23-12-16-6-5-11-28-16)17-7-9-22(4)10-8-18(24-15(3)25)14(2)19(22)20(17)26/h5-6,11,13-14,17-20,26H,7-10,12H2,1-4H3,(H,23,27)(H,24,25)/t13-,14-,17+,18-,19+,20-,22+/m0/s1. The number of furan rings is 1. The second-order valence-corrected chi connectivity index (χ2v) is 9.16. The molecule has 3 rings (SSSR count). The van der Waals surface area contributed by atoms with Gasteiger partial charge in [-0.3, -0.25) is 9.59 Å². The second-order valence-electron chi connectivity index (χ2n) is 9.16. The van der Waals surface area contributed by atoms with Gasteiger partial charge in [0.05, 0.1) is 18.9 Å². The first-order chi connectivity index (χ1) is 13.2. The predicted molar refractivity (Wildman–Crippen MR) is 106 cm³/mol. The van der Waals surface area contributed by atoms with Crippen molar-refractivity contribution in [1.29, 1.82) is 0 Å². The van der Waals surface area contributed by atoms with Gasteiger partial charge in [0.1, 0.15) is 5.76 Å². The molecule has 0 radical (unpaired) electrons. The normalized spacial score (nSPS) is 36.2. The van der Waals surface area contributed by atoms with Gasteiger partial charge in [-0.2, -0.15) is 0 Å². The molecule has 3 N–H and O–H groups in total. The molecule has 6 heteroatoms. The van der Waals surface area contributed by atoms with E-state index in [1.165, 1.54) is 0 Å². The van der Waals surface area contributed by atoms with Crippen LogP contribution in [0, 0.1) is 29.1 Å². The Kier molecular flexibility index (Phi) is 6.18. The number of aliphatic hydroxyl groups is 1. The monoisotopic (exact) mass is 390 g/mol. The van der Waals surface area contributed by atoms with Crippen molar-refractivity contribution in [3.05, 3.63) is 24.2 Å². The molecular weight excluding hydrogens is 356 g/mol. The average molecular weight is 391 g/mol. The van der Waals surface area contributed by atoms with E-state index in [4.69, 9.17) is 4.42 Å². The zero-order valence-electron chi connectivity index (χ0n) is 17.4. The number of carbonyl (C=O) groups excluding carboxylic acids is 2. The van der Waals surface area contributed by atoms with E-state index >= 15 is 0 Å². The maximum Gasteiger partial charge on any atom is 0.223 e. The van der Waals surface area contributed by atoms with Crippen molar-refractivity contribution < 1.29 is 19.1 Å². The van der Waals surface area contributed by atoms with Crippen LogP contribution in [0.4, 0.5) is 0 Å². The minimum absolute atomic E-state index is 0.0204. The molecule has 0 unspecified atom stereocenters. The van der Waals surface area contributed by atoms with Crippen molar-refractivity contribution in [2.75, 3.05) is 0 Å². The van der Waals surface area contributed by atoms with Gasteiger partial charge < -0.3 is 20.2 Å². The largest absolute Gasteiger partial charge is 0.467 e. The van der Waals surface area contributed by atoms with Crippen LogP contribution in [0.5, 0.6) is 0 Å². The summed E-state index contributed by atoms with van der Waals surface area (Å²) in [5.41, 5.74) is 0.0642. The fourth-order valence-electron chi connectivity index (χ4n) is 5.70. The summed E-state index contributed by atoms with van der Waals surface area (Å²) < 4.78 is 5.27. The van der Waals surface area contributed by atoms with Gasteiger partial charge in [-0.25, -0.2) is 0 Å². The van der Waals surface area contributed by atoms with E-state index in [1.807, 2.05) is 13.0 Å². The first-order valence-electron chi connectivity index (χ1n) is 10.5. The Bertz CT molecular complexity index is 689. The zero-order valence-corrected chi connectivity index (χ0v) is 17.4. The molecule has 2 fully saturated rings. The van der Waals surface area contributed by atoms with Gasteiger partial charge in [-0.05, 0) is 61.0 Å². The molecule has 0 spiro atoms. The Labute approximate surface area is 167 Å². The predicted octanol–water partition coefficient (Wildman–Crippen LogP) is 2.86. The lowest BCUT2D eigenvalue weighted by molar-refractivity contribution is -0.143. The minimum atomic E-state index is -0.547. The molecule has 2 amide bonds. The summed E-state index contributed by atoms with van der Waals surface area (Å²) in [6, 6.07) is 3.72. The maximum absolute atomic E-state index is 12.7. The van der Waals surface area contributed by atoms with Crippen LogP contribution in [-0.2, 0) is 16.1 Å². The molecule has 1 aromatic heterocycles. The Morgan fingerprint density at radius 1 is 1.36 bits per heavy atom. The van der Waals surface area contributed by atoms with Crippen molar-refractivity contribution in [2.24, 2.45) is 29.1 Å². The van der Waals surface area contributed by atoms with E-state index in [-0.39, 0.29) is 46.9 Å². The number of fused-ring (bicyclic) bond motifs is 1. The first kappa shape index (κ1) is 20.9. The van der Waals surface area contributed by atoms with Gasteiger partial charge in [0.25, 0.3) is 0 Å². The number of hydrogen-bond acceptors (Lipinski definition) is 4. The molecule has 0 saturated heterocycles. The molecule has 1 heterocycles. The average Bonchev–Trinajstić information content (AvgIpc) is 3.15. The molecule has 6 nitrogen and oxygen atoms in total. The highest BCUT2D eigenvalue weighted by Crippen LogP contribution is 2.55. The molecule has 0 aromatic carbocycles. The van der Waals surface area contributed by atoms with Gasteiger partial charge in [0.15, 0.2) is 0 Å². The lowest BCUT2D eigenvalue weighted by Gasteiger charge is -2.56. The minimum Gasteiger partial charge on any atom is -0.467 e. The van der Waals surface area contributed by atoms with Crippen LogP contribution >= 0.6 is 0 Å². The van der Waals surface area contributed by atoms with E-state index < -0.39 is 6.10 Å². The van der Waals surface area contributed by atoms with E-state index in [0.29, 0.717) is 6.54 Å². The van der Waals surface area contributed by atoms with Crippen LogP contribution in [0.2, 0.25) is 0 Å². The van der Waals surface area contributed by atoms with Crippen molar-refractivity contribution in [3.8, 4) is 0 Å². The lowest BCUT2D eigenvalue weighted by atomic mass is 9.51. The van der Waals surface area contributed by atoms with Crippen LogP contribution < -0.4 is 10.6 Å². The molecule has 28 heavy (non-hydrogen) atoms. The van der Waals surface area contributed by atoms with Gasteiger partial charge >= 0.3 is 0 Å². The van der Waals surface area contributed by atoms with E-state index in [1.54, 1.807) is 19.3 Å². The third kappa shape index (κ3) is 4.12. The number of nitrogens with one attached hydrogen (secondary N) is 2. The van der Waals surface area contributed by atoms with Gasteiger partial charge in [0, 0.05) is 18.9 Å². The van der Waals surface area contributed by atoms with Crippen LogP contribution in [0.15, 0.2) is 22.8 Å². The summed E-state index contributed by atoms with van der Waals surface area (Å²) >= 11 is 0. The van der Waals surface area contributed by atoms with Crippen molar-refractivity contribution in [2.45, 2.75) is 72.1 Å². The summed E-state index contributed by atoms with van der Waals surface area (Å²) in [6.45, 7) is 8.22. The molecule has 0 aliphatic heterocycles. The Balaban J connectivity index is 1.68.